The Hall–Kier alpha value is -4.02. The summed E-state index contributed by atoms with van der Waals surface area (Å²) < 4.78 is 11.1. The molecule has 202 valence electrons. The summed E-state index contributed by atoms with van der Waals surface area (Å²) in [5, 5.41) is 4.53. The van der Waals surface area contributed by atoms with Crippen LogP contribution in [0.25, 0.3) is 10.2 Å². The van der Waals surface area contributed by atoms with E-state index in [4.69, 9.17) is 9.47 Å². The van der Waals surface area contributed by atoms with Crippen molar-refractivity contribution < 1.29 is 14.3 Å². The Labute approximate surface area is 232 Å². The fraction of sp³-hybridized carbons (Fsp3) is 0.310. The molecule has 4 heterocycles. The van der Waals surface area contributed by atoms with Crippen LogP contribution in [0, 0.1) is 6.92 Å². The van der Waals surface area contributed by atoms with Crippen molar-refractivity contribution in [1.82, 2.24) is 24.8 Å². The highest BCUT2D eigenvalue weighted by Gasteiger charge is 2.30. The molecule has 0 saturated heterocycles. The van der Waals surface area contributed by atoms with Crippen molar-refractivity contribution in [3.8, 4) is 17.4 Å². The summed E-state index contributed by atoms with van der Waals surface area (Å²) in [6.07, 6.45) is 6.81. The van der Waals surface area contributed by atoms with Crippen LogP contribution < -0.4 is 14.8 Å². The van der Waals surface area contributed by atoms with Crippen molar-refractivity contribution in [2.45, 2.75) is 26.3 Å². The van der Waals surface area contributed by atoms with Crippen LogP contribution in [0.3, 0.4) is 0 Å². The van der Waals surface area contributed by atoms with Crippen molar-refractivity contribution in [3.05, 3.63) is 71.0 Å². The minimum absolute atomic E-state index is 0.0412. The number of pyridine rings is 1. The molecule has 3 aromatic heterocycles. The van der Waals surface area contributed by atoms with Crippen LogP contribution in [-0.2, 0) is 11.3 Å². The number of hydrogen-bond acceptors (Lipinski definition) is 9. The van der Waals surface area contributed by atoms with Gasteiger partial charge < -0.3 is 24.6 Å². The van der Waals surface area contributed by atoms with E-state index in [0.29, 0.717) is 24.7 Å². The van der Waals surface area contributed by atoms with E-state index in [9.17, 15) is 4.79 Å². The van der Waals surface area contributed by atoms with Crippen LogP contribution in [-0.4, -0.2) is 65.0 Å². The molecule has 0 saturated carbocycles. The first-order chi connectivity index (χ1) is 18.8. The van der Waals surface area contributed by atoms with E-state index in [1.807, 2.05) is 61.2 Å². The molecule has 5 rings (SSSR count). The van der Waals surface area contributed by atoms with E-state index in [2.05, 4.69) is 27.2 Å². The summed E-state index contributed by atoms with van der Waals surface area (Å²) in [5.74, 6) is 2.89. The van der Waals surface area contributed by atoms with E-state index in [-0.39, 0.29) is 11.8 Å². The first kappa shape index (κ1) is 26.6. The van der Waals surface area contributed by atoms with E-state index in [1.54, 1.807) is 43.1 Å². The first-order valence-electron chi connectivity index (χ1n) is 12.7. The maximum absolute atomic E-state index is 12.8. The molecule has 9 nitrogen and oxygen atoms in total. The maximum Gasteiger partial charge on any atom is 0.246 e. The topological polar surface area (TPSA) is 92.7 Å². The Morgan fingerprint density at radius 3 is 2.79 bits per heavy atom. The van der Waals surface area contributed by atoms with Gasteiger partial charge in [-0.05, 0) is 56.4 Å². The standard InChI is InChI=1S/C29H32N6O3S/c1-18-13-20(8-10-22(18)38-21-9-11-24(37-5)30-14-21)33-28-27-26-19(2)15-35(25(36)7-6-12-34(3)4)16-23(26)39-29(27)32-17-31-28/h6-11,13-14,17,19H,12,15-16H2,1-5H3,(H,31,32,33)/t19-/m0/s1. The number of carbonyl (C=O) groups excluding carboxylic acids is 1. The number of aryl methyl sites for hydroxylation is 1. The van der Waals surface area contributed by atoms with Crippen LogP contribution in [0.2, 0.25) is 0 Å². The van der Waals surface area contributed by atoms with Gasteiger partial charge in [-0.1, -0.05) is 13.0 Å². The zero-order valence-corrected chi connectivity index (χ0v) is 23.6. The number of thiophene rings is 1. The molecule has 1 aliphatic heterocycles. The number of fused-ring (bicyclic) bond motifs is 3. The third kappa shape index (κ3) is 5.86. The van der Waals surface area contributed by atoms with Crippen molar-refractivity contribution in [2.24, 2.45) is 0 Å². The number of aromatic nitrogens is 3. The second kappa shape index (κ2) is 11.4. The molecule has 4 aromatic rings. The number of rotatable bonds is 8. The Kier molecular flexibility index (Phi) is 7.76. The molecule has 0 spiro atoms. The molecular formula is C29H32N6O3S. The maximum atomic E-state index is 12.8. The number of nitrogens with one attached hydrogen (secondary N) is 1. The van der Waals surface area contributed by atoms with Gasteiger partial charge in [-0.15, -0.1) is 11.3 Å². The van der Waals surface area contributed by atoms with Gasteiger partial charge in [0, 0.05) is 41.7 Å². The summed E-state index contributed by atoms with van der Waals surface area (Å²) in [4.78, 5) is 32.2. The highest BCUT2D eigenvalue weighted by molar-refractivity contribution is 7.19. The lowest BCUT2D eigenvalue weighted by atomic mass is 9.94. The number of ether oxygens (including phenoxy) is 2. The normalized spacial score (nSPS) is 15.1. The summed E-state index contributed by atoms with van der Waals surface area (Å²) >= 11 is 1.64. The molecule has 1 atom stereocenters. The molecule has 1 aliphatic rings. The molecule has 1 amide bonds. The average molecular weight is 545 g/mol. The molecule has 0 aliphatic carbocycles. The van der Waals surface area contributed by atoms with Crippen molar-refractivity contribution in [2.75, 3.05) is 39.6 Å². The lowest BCUT2D eigenvalue weighted by Gasteiger charge is -2.30. The van der Waals surface area contributed by atoms with Gasteiger partial charge in [0.25, 0.3) is 0 Å². The predicted molar refractivity (Wildman–Crippen MR) is 154 cm³/mol. The van der Waals surface area contributed by atoms with Gasteiger partial charge in [-0.2, -0.15) is 0 Å². The number of amides is 1. The van der Waals surface area contributed by atoms with Crippen LogP contribution in [0.5, 0.6) is 17.4 Å². The summed E-state index contributed by atoms with van der Waals surface area (Å²) in [5.41, 5.74) is 3.10. The van der Waals surface area contributed by atoms with E-state index < -0.39 is 0 Å². The molecule has 0 radical (unpaired) electrons. The zero-order chi connectivity index (χ0) is 27.5. The van der Waals surface area contributed by atoms with Gasteiger partial charge in [0.2, 0.25) is 11.8 Å². The lowest BCUT2D eigenvalue weighted by molar-refractivity contribution is -0.127. The number of benzene rings is 1. The number of carbonyl (C=O) groups is 1. The molecule has 10 heteroatoms. The molecule has 1 N–H and O–H groups in total. The fourth-order valence-corrected chi connectivity index (χ4v) is 5.96. The number of nitrogens with zero attached hydrogens (tertiary/aromatic N) is 5. The Morgan fingerprint density at radius 2 is 2.08 bits per heavy atom. The lowest BCUT2D eigenvalue weighted by Crippen LogP contribution is -2.36. The van der Waals surface area contributed by atoms with Crippen molar-refractivity contribution in [3.63, 3.8) is 0 Å². The minimum atomic E-state index is 0.0412. The van der Waals surface area contributed by atoms with Crippen LogP contribution >= 0.6 is 11.3 Å². The number of hydrogen-bond donors (Lipinski definition) is 1. The Morgan fingerprint density at radius 1 is 1.23 bits per heavy atom. The molecule has 1 aromatic carbocycles. The van der Waals surface area contributed by atoms with Gasteiger partial charge in [0.05, 0.1) is 25.2 Å². The summed E-state index contributed by atoms with van der Waals surface area (Å²) in [6.45, 7) is 6.13. The molecular weight excluding hydrogens is 512 g/mol. The molecule has 39 heavy (non-hydrogen) atoms. The van der Waals surface area contributed by atoms with Crippen molar-refractivity contribution in [1.29, 1.82) is 0 Å². The second-order valence-electron chi connectivity index (χ2n) is 9.87. The van der Waals surface area contributed by atoms with Crippen LogP contribution in [0.15, 0.2) is 55.0 Å². The van der Waals surface area contributed by atoms with E-state index >= 15 is 0 Å². The largest absolute Gasteiger partial charge is 0.481 e. The Balaban J connectivity index is 1.36. The zero-order valence-electron chi connectivity index (χ0n) is 22.8. The SMILES string of the molecule is COc1ccc(Oc2ccc(Nc3ncnc4sc5c(c34)[C@@H](C)CN(C(=O)C=CCN(C)C)C5)cc2C)cn1. The first-order valence-corrected chi connectivity index (χ1v) is 13.6. The summed E-state index contributed by atoms with van der Waals surface area (Å²) in [6, 6.07) is 9.52. The van der Waals surface area contributed by atoms with Crippen LogP contribution in [0.4, 0.5) is 11.5 Å². The quantitative estimate of drug-likeness (QED) is 0.291. The number of likely N-dealkylation sites (N-methyl/N-ethyl adjacent to an activating group) is 1. The van der Waals surface area contributed by atoms with Gasteiger partial charge in [-0.25, -0.2) is 15.0 Å². The minimum Gasteiger partial charge on any atom is -0.481 e. The Bertz CT molecular complexity index is 1520. The molecule has 0 unspecified atom stereocenters. The van der Waals surface area contributed by atoms with Gasteiger partial charge in [-0.3, -0.25) is 4.79 Å². The number of anilines is 2. The third-order valence-corrected chi connectivity index (χ3v) is 7.65. The van der Waals surface area contributed by atoms with Crippen molar-refractivity contribution >= 4 is 39.0 Å². The predicted octanol–water partition coefficient (Wildman–Crippen LogP) is 5.50. The van der Waals surface area contributed by atoms with Crippen LogP contribution in [0.1, 0.15) is 28.8 Å². The summed E-state index contributed by atoms with van der Waals surface area (Å²) in [7, 11) is 5.55. The second-order valence-corrected chi connectivity index (χ2v) is 11.0. The average Bonchev–Trinajstić information content (AvgIpc) is 3.30. The number of methoxy groups -OCH3 is 1. The monoisotopic (exact) mass is 544 g/mol. The highest BCUT2D eigenvalue weighted by Crippen LogP contribution is 2.42. The highest BCUT2D eigenvalue weighted by atomic mass is 32.1. The third-order valence-electron chi connectivity index (χ3n) is 6.55. The van der Waals surface area contributed by atoms with Gasteiger partial charge in [0.15, 0.2) is 0 Å². The van der Waals surface area contributed by atoms with Gasteiger partial charge >= 0.3 is 0 Å². The molecule has 0 fully saturated rings. The van der Waals surface area contributed by atoms with E-state index in [0.717, 1.165) is 44.5 Å². The smallest absolute Gasteiger partial charge is 0.246 e. The van der Waals surface area contributed by atoms with Gasteiger partial charge in [0.1, 0.15) is 28.5 Å². The fourth-order valence-electron chi connectivity index (χ4n) is 4.68. The molecule has 0 bridgehead atoms. The van der Waals surface area contributed by atoms with E-state index in [1.165, 1.54) is 5.56 Å².